The second-order valence-electron chi connectivity index (χ2n) is 7.83. The molecule has 1 atom stereocenters. The molecule has 0 aromatic heterocycles. The highest BCUT2D eigenvalue weighted by Gasteiger charge is 2.50. The molecule has 1 aromatic rings. The minimum atomic E-state index is -4.61. The van der Waals surface area contributed by atoms with Crippen LogP contribution in [0.1, 0.15) is 50.2 Å². The zero-order valence-corrected chi connectivity index (χ0v) is 16.3. The van der Waals surface area contributed by atoms with Gasteiger partial charge in [0.05, 0.1) is 11.6 Å². The molecular formula is C20H21F3N4O3. The van der Waals surface area contributed by atoms with E-state index < -0.39 is 47.2 Å². The number of carbonyl (C=O) groups is 3. The maximum absolute atomic E-state index is 13.0. The second kappa shape index (κ2) is 7.63. The third kappa shape index (κ3) is 3.97. The van der Waals surface area contributed by atoms with Crippen LogP contribution >= 0.6 is 0 Å². The van der Waals surface area contributed by atoms with Crippen LogP contribution in [-0.4, -0.2) is 34.8 Å². The summed E-state index contributed by atoms with van der Waals surface area (Å²) in [6, 6.07) is 5.36. The Morgan fingerprint density at radius 2 is 1.93 bits per heavy atom. The minimum Gasteiger partial charge on any atom is -0.336 e. The Morgan fingerprint density at radius 3 is 2.53 bits per heavy atom. The topological polar surface area (TPSA) is 102 Å². The predicted molar refractivity (Wildman–Crippen MR) is 98.6 cm³/mol. The Kier molecular flexibility index (Phi) is 5.50. The Bertz CT molecular complexity index is 919. The molecule has 3 rings (SSSR count). The lowest BCUT2D eigenvalue weighted by Gasteiger charge is -2.32. The summed E-state index contributed by atoms with van der Waals surface area (Å²) in [6.45, 7) is 0.668. The summed E-state index contributed by atoms with van der Waals surface area (Å²) in [5.41, 5.74) is -3.76. The fourth-order valence-corrected chi connectivity index (χ4v) is 3.91. The number of amides is 4. The molecule has 2 N–H and O–H groups in total. The Morgan fingerprint density at radius 1 is 1.27 bits per heavy atom. The number of hydrogen-bond acceptors (Lipinski definition) is 4. The van der Waals surface area contributed by atoms with Crippen LogP contribution in [-0.2, 0) is 21.3 Å². The van der Waals surface area contributed by atoms with E-state index >= 15 is 0 Å². The summed E-state index contributed by atoms with van der Waals surface area (Å²) in [4.78, 5) is 38.4. The molecule has 30 heavy (non-hydrogen) atoms. The van der Waals surface area contributed by atoms with Gasteiger partial charge in [-0.3, -0.25) is 14.5 Å². The van der Waals surface area contributed by atoms with Crippen molar-refractivity contribution in [2.24, 2.45) is 0 Å². The third-order valence-corrected chi connectivity index (χ3v) is 5.64. The van der Waals surface area contributed by atoms with Gasteiger partial charge in [-0.15, -0.1) is 0 Å². The lowest BCUT2D eigenvalue weighted by Crippen LogP contribution is -2.52. The standard InChI is InChI=1S/C20H21F3N4O3/c1-18(13-6-5-7-14(10-13)20(21,22)23)16(29)27(17(30)26-18)11-15(28)25-19(12-24)8-3-2-4-9-19/h5-7,10H,2-4,8-9,11H2,1H3,(H,25,28)(H,26,30)/t18-/m1/s1. The number of urea groups is 1. The fraction of sp³-hybridized carbons (Fsp3) is 0.500. The van der Waals surface area contributed by atoms with Gasteiger partial charge < -0.3 is 10.6 Å². The first-order valence-corrected chi connectivity index (χ1v) is 9.55. The third-order valence-electron chi connectivity index (χ3n) is 5.64. The van der Waals surface area contributed by atoms with Crippen LogP contribution in [0.2, 0.25) is 0 Å². The number of imide groups is 1. The van der Waals surface area contributed by atoms with Gasteiger partial charge in [0.25, 0.3) is 5.91 Å². The second-order valence-corrected chi connectivity index (χ2v) is 7.83. The number of nitrogens with one attached hydrogen (secondary N) is 2. The van der Waals surface area contributed by atoms with Crippen molar-refractivity contribution in [2.45, 2.75) is 56.3 Å². The molecule has 0 bridgehead atoms. The molecule has 7 nitrogen and oxygen atoms in total. The van der Waals surface area contributed by atoms with Crippen LogP contribution < -0.4 is 10.6 Å². The smallest absolute Gasteiger partial charge is 0.336 e. The lowest BCUT2D eigenvalue weighted by atomic mass is 9.83. The van der Waals surface area contributed by atoms with E-state index in [4.69, 9.17) is 0 Å². The van der Waals surface area contributed by atoms with E-state index in [0.717, 1.165) is 37.5 Å². The molecule has 0 radical (unpaired) electrons. The molecule has 1 aliphatic carbocycles. The molecular weight excluding hydrogens is 401 g/mol. The van der Waals surface area contributed by atoms with Crippen molar-refractivity contribution in [3.63, 3.8) is 0 Å². The first kappa shape index (κ1) is 21.6. The molecule has 1 aliphatic heterocycles. The van der Waals surface area contributed by atoms with Gasteiger partial charge in [0.15, 0.2) is 0 Å². The number of alkyl halides is 3. The zero-order valence-electron chi connectivity index (χ0n) is 16.3. The van der Waals surface area contributed by atoms with Crippen LogP contribution in [0.15, 0.2) is 24.3 Å². The highest BCUT2D eigenvalue weighted by molar-refractivity contribution is 6.09. The highest BCUT2D eigenvalue weighted by Crippen LogP contribution is 2.34. The highest BCUT2D eigenvalue weighted by atomic mass is 19.4. The van der Waals surface area contributed by atoms with Gasteiger partial charge in [-0.1, -0.05) is 31.4 Å². The van der Waals surface area contributed by atoms with E-state index in [2.05, 4.69) is 16.7 Å². The monoisotopic (exact) mass is 422 g/mol. The van der Waals surface area contributed by atoms with E-state index in [1.54, 1.807) is 0 Å². The van der Waals surface area contributed by atoms with Crippen LogP contribution in [0.3, 0.4) is 0 Å². The van der Waals surface area contributed by atoms with Crippen molar-refractivity contribution in [3.05, 3.63) is 35.4 Å². The number of rotatable bonds is 4. The van der Waals surface area contributed by atoms with Gasteiger partial charge >= 0.3 is 12.2 Å². The normalized spacial score (nSPS) is 23.6. The Balaban J connectivity index is 1.78. The lowest BCUT2D eigenvalue weighted by molar-refractivity contribution is -0.138. The Labute approximate surface area is 171 Å². The van der Waals surface area contributed by atoms with Crippen molar-refractivity contribution in [3.8, 4) is 6.07 Å². The van der Waals surface area contributed by atoms with Gasteiger partial charge in [0.1, 0.15) is 17.6 Å². The van der Waals surface area contributed by atoms with E-state index in [1.165, 1.54) is 13.0 Å². The van der Waals surface area contributed by atoms with Crippen molar-refractivity contribution < 1.29 is 27.6 Å². The number of hydrogen-bond donors (Lipinski definition) is 2. The molecule has 1 saturated carbocycles. The number of nitrogens with zero attached hydrogens (tertiary/aromatic N) is 2. The van der Waals surface area contributed by atoms with Gasteiger partial charge in [0.2, 0.25) is 5.91 Å². The maximum atomic E-state index is 13.0. The summed E-state index contributed by atoms with van der Waals surface area (Å²) < 4.78 is 39.1. The molecule has 10 heteroatoms. The van der Waals surface area contributed by atoms with Crippen LogP contribution in [0.4, 0.5) is 18.0 Å². The minimum absolute atomic E-state index is 0.0423. The maximum Gasteiger partial charge on any atom is 0.416 e. The average molecular weight is 422 g/mol. The predicted octanol–water partition coefficient (Wildman–Crippen LogP) is 2.82. The molecule has 4 amide bonds. The van der Waals surface area contributed by atoms with Crippen molar-refractivity contribution in [1.82, 2.24) is 15.5 Å². The van der Waals surface area contributed by atoms with Crippen LogP contribution in [0, 0.1) is 11.3 Å². The molecule has 0 unspecified atom stereocenters. The van der Waals surface area contributed by atoms with Crippen molar-refractivity contribution in [2.75, 3.05) is 6.54 Å². The largest absolute Gasteiger partial charge is 0.416 e. The molecule has 1 aromatic carbocycles. The van der Waals surface area contributed by atoms with Gasteiger partial charge in [-0.2, -0.15) is 18.4 Å². The molecule has 0 spiro atoms. The molecule has 2 fully saturated rings. The molecule has 1 saturated heterocycles. The Hall–Kier alpha value is -3.09. The van der Waals surface area contributed by atoms with Crippen molar-refractivity contribution >= 4 is 17.8 Å². The van der Waals surface area contributed by atoms with E-state index in [-0.39, 0.29) is 5.56 Å². The molecule has 2 aliphatic rings. The quantitative estimate of drug-likeness (QED) is 0.729. The number of benzene rings is 1. The van der Waals surface area contributed by atoms with E-state index in [1.807, 2.05) is 0 Å². The SMILES string of the molecule is C[C@]1(c2cccc(C(F)(F)F)c2)NC(=O)N(CC(=O)NC2(C#N)CCCCC2)C1=O. The summed E-state index contributed by atoms with van der Waals surface area (Å²) >= 11 is 0. The summed E-state index contributed by atoms with van der Waals surface area (Å²) in [6.07, 6.45) is -1.12. The van der Waals surface area contributed by atoms with Crippen LogP contribution in [0.25, 0.3) is 0 Å². The van der Waals surface area contributed by atoms with Crippen molar-refractivity contribution in [1.29, 1.82) is 5.26 Å². The molecule has 1 heterocycles. The van der Waals surface area contributed by atoms with Crippen LogP contribution in [0.5, 0.6) is 0 Å². The molecule has 160 valence electrons. The number of halogens is 3. The average Bonchev–Trinajstić information content (AvgIpc) is 2.92. The van der Waals surface area contributed by atoms with E-state index in [0.29, 0.717) is 17.7 Å². The summed E-state index contributed by atoms with van der Waals surface area (Å²) in [5, 5.41) is 14.5. The van der Waals surface area contributed by atoms with E-state index in [9.17, 15) is 32.8 Å². The number of carbonyl (C=O) groups excluding carboxylic acids is 3. The zero-order chi connectivity index (χ0) is 22.2. The van der Waals surface area contributed by atoms with Gasteiger partial charge in [0, 0.05) is 0 Å². The first-order valence-electron chi connectivity index (χ1n) is 9.55. The first-order chi connectivity index (χ1) is 14.0. The van der Waals surface area contributed by atoms with Gasteiger partial charge in [-0.25, -0.2) is 4.79 Å². The van der Waals surface area contributed by atoms with Gasteiger partial charge in [-0.05, 0) is 37.5 Å². The summed E-state index contributed by atoms with van der Waals surface area (Å²) in [5.74, 6) is -1.51. The summed E-state index contributed by atoms with van der Waals surface area (Å²) in [7, 11) is 0. The number of nitriles is 1. The fourth-order valence-electron chi connectivity index (χ4n) is 3.91.